The number of halogens is 2. The van der Waals surface area contributed by atoms with Crippen LogP contribution in [0.5, 0.6) is 0 Å². The molecule has 0 fully saturated rings. The molecule has 1 unspecified atom stereocenters. The van der Waals surface area contributed by atoms with E-state index in [9.17, 15) is 14.3 Å². The van der Waals surface area contributed by atoms with Crippen LogP contribution in [0.25, 0.3) is 0 Å². The fraction of sp³-hybridized carbons (Fsp3) is 0.250. The second-order valence-corrected chi connectivity index (χ2v) is 7.16. The number of nitrogens with one attached hydrogen (secondary N) is 1. The average molecular weight is 460 g/mol. The third-order valence-electron chi connectivity index (χ3n) is 5.16. The van der Waals surface area contributed by atoms with Gasteiger partial charge in [0, 0.05) is 19.3 Å². The molecular weight excluding hydrogens is 433 g/mol. The molecule has 8 heteroatoms. The van der Waals surface area contributed by atoms with Crippen LogP contribution in [-0.2, 0) is 9.63 Å². The summed E-state index contributed by atoms with van der Waals surface area (Å²) in [5, 5.41) is 17.8. The topological polar surface area (TPSA) is 74.2 Å². The van der Waals surface area contributed by atoms with E-state index in [-0.39, 0.29) is 24.5 Å². The standard InChI is InChI=1S/C24H26FN3O3.ClH/c1-18-13-14-21(23(29)26-16-15-25)24(30,28(18)2)17-27-31-22(19-9-5-3-6-10-19)20-11-7-4-8-12-20;/h3-14,17,22,30H,15-16H2,1-2H3,(H,26,29);1H. The zero-order valence-corrected chi connectivity index (χ0v) is 18.8. The van der Waals surface area contributed by atoms with Gasteiger partial charge in [-0.15, -0.1) is 12.4 Å². The highest BCUT2D eigenvalue weighted by molar-refractivity contribution is 6.01. The lowest BCUT2D eigenvalue weighted by molar-refractivity contribution is -0.120. The van der Waals surface area contributed by atoms with Crippen molar-refractivity contribution in [1.29, 1.82) is 0 Å². The maximum absolute atomic E-state index is 12.5. The Morgan fingerprint density at radius 2 is 1.72 bits per heavy atom. The van der Waals surface area contributed by atoms with Gasteiger partial charge in [-0.3, -0.25) is 4.79 Å². The van der Waals surface area contributed by atoms with E-state index in [4.69, 9.17) is 4.84 Å². The summed E-state index contributed by atoms with van der Waals surface area (Å²) in [6, 6.07) is 19.2. The van der Waals surface area contributed by atoms with Gasteiger partial charge in [-0.25, -0.2) is 4.39 Å². The van der Waals surface area contributed by atoms with Gasteiger partial charge < -0.3 is 20.2 Å². The molecule has 2 aromatic rings. The summed E-state index contributed by atoms with van der Waals surface area (Å²) < 4.78 is 12.5. The van der Waals surface area contributed by atoms with E-state index in [1.165, 1.54) is 17.2 Å². The number of benzene rings is 2. The second-order valence-electron chi connectivity index (χ2n) is 7.16. The van der Waals surface area contributed by atoms with Gasteiger partial charge in [0.15, 0.2) is 6.10 Å². The van der Waals surface area contributed by atoms with Crippen molar-refractivity contribution in [2.75, 3.05) is 20.3 Å². The Bertz CT molecular complexity index is 943. The summed E-state index contributed by atoms with van der Waals surface area (Å²) in [7, 11) is 1.64. The predicted octanol–water partition coefficient (Wildman–Crippen LogP) is 3.75. The van der Waals surface area contributed by atoms with Gasteiger partial charge in [0.2, 0.25) is 5.72 Å². The Labute approximate surface area is 193 Å². The molecule has 0 bridgehead atoms. The van der Waals surface area contributed by atoms with E-state index < -0.39 is 24.4 Å². The molecule has 0 aromatic heterocycles. The summed E-state index contributed by atoms with van der Waals surface area (Å²) >= 11 is 0. The Morgan fingerprint density at radius 1 is 1.16 bits per heavy atom. The van der Waals surface area contributed by atoms with E-state index in [0.717, 1.165) is 16.8 Å². The van der Waals surface area contributed by atoms with Gasteiger partial charge in [0.25, 0.3) is 5.91 Å². The number of amides is 1. The molecule has 3 rings (SSSR count). The number of carbonyl (C=O) groups excluding carboxylic acids is 1. The Morgan fingerprint density at radius 3 is 2.25 bits per heavy atom. The molecular formula is C24H27ClFN3O3. The van der Waals surface area contributed by atoms with Gasteiger partial charge in [0.1, 0.15) is 12.9 Å². The minimum absolute atomic E-state index is 0. The van der Waals surface area contributed by atoms with Crippen LogP contribution in [0.15, 0.2) is 89.2 Å². The largest absolute Gasteiger partial charge is 0.383 e. The SMILES string of the molecule is CC1=CC=C(C(=O)NCCF)C(O)(C=NOC(c2ccccc2)c2ccccc2)N1C.Cl. The number of rotatable bonds is 8. The van der Waals surface area contributed by atoms with Crippen LogP contribution in [0, 0.1) is 0 Å². The molecule has 6 nitrogen and oxygen atoms in total. The van der Waals surface area contributed by atoms with Crippen molar-refractivity contribution >= 4 is 24.5 Å². The highest BCUT2D eigenvalue weighted by Crippen LogP contribution is 2.29. The minimum Gasteiger partial charge on any atom is -0.383 e. The molecule has 1 aliphatic rings. The summed E-state index contributed by atoms with van der Waals surface area (Å²) in [6.07, 6.45) is 3.88. The fourth-order valence-electron chi connectivity index (χ4n) is 3.28. The van der Waals surface area contributed by atoms with Crippen LogP contribution in [0.4, 0.5) is 4.39 Å². The van der Waals surface area contributed by atoms with Crippen molar-refractivity contribution in [2.45, 2.75) is 18.8 Å². The third kappa shape index (κ3) is 5.55. The molecule has 1 heterocycles. The van der Waals surface area contributed by atoms with E-state index in [0.29, 0.717) is 0 Å². The van der Waals surface area contributed by atoms with E-state index in [2.05, 4.69) is 10.5 Å². The monoisotopic (exact) mass is 459 g/mol. The van der Waals surface area contributed by atoms with Crippen LogP contribution in [0.3, 0.4) is 0 Å². The molecule has 1 aliphatic heterocycles. The van der Waals surface area contributed by atoms with Crippen LogP contribution < -0.4 is 5.32 Å². The van der Waals surface area contributed by atoms with Crippen molar-refractivity contribution in [3.8, 4) is 0 Å². The molecule has 1 atom stereocenters. The van der Waals surface area contributed by atoms with Crippen molar-refractivity contribution in [3.05, 3.63) is 95.2 Å². The highest BCUT2D eigenvalue weighted by Gasteiger charge is 2.41. The number of aliphatic hydroxyl groups is 1. The number of likely N-dealkylation sites (N-methyl/N-ethyl adjacent to an activating group) is 1. The number of carbonyl (C=O) groups is 1. The number of hydrogen-bond donors (Lipinski definition) is 2. The van der Waals surface area contributed by atoms with Gasteiger partial charge >= 0.3 is 0 Å². The first kappa shape index (κ1) is 25.1. The fourth-order valence-corrected chi connectivity index (χ4v) is 3.28. The third-order valence-corrected chi connectivity index (χ3v) is 5.16. The van der Waals surface area contributed by atoms with Gasteiger partial charge in [-0.2, -0.15) is 0 Å². The smallest absolute Gasteiger partial charge is 0.252 e. The quantitative estimate of drug-likeness (QED) is 0.465. The van der Waals surface area contributed by atoms with Crippen LogP contribution in [-0.4, -0.2) is 48.1 Å². The highest BCUT2D eigenvalue weighted by atomic mass is 35.5. The minimum atomic E-state index is -1.85. The Balaban J connectivity index is 0.00000363. The van der Waals surface area contributed by atoms with Crippen molar-refractivity contribution in [3.63, 3.8) is 0 Å². The van der Waals surface area contributed by atoms with Gasteiger partial charge in [0.05, 0.1) is 5.57 Å². The summed E-state index contributed by atoms with van der Waals surface area (Å²) in [5.41, 5.74) is 0.678. The lowest BCUT2D eigenvalue weighted by Crippen LogP contribution is -2.53. The number of alkyl halides is 1. The molecule has 2 N–H and O–H groups in total. The maximum atomic E-state index is 12.5. The van der Waals surface area contributed by atoms with Crippen LogP contribution >= 0.6 is 12.4 Å². The number of hydrogen-bond acceptors (Lipinski definition) is 5. The van der Waals surface area contributed by atoms with Gasteiger partial charge in [-0.05, 0) is 30.2 Å². The zero-order chi connectivity index (χ0) is 22.3. The predicted molar refractivity (Wildman–Crippen MR) is 125 cm³/mol. The molecule has 0 spiro atoms. The van der Waals surface area contributed by atoms with E-state index in [1.54, 1.807) is 20.0 Å². The average Bonchev–Trinajstić information content (AvgIpc) is 2.80. The first-order valence-corrected chi connectivity index (χ1v) is 9.97. The van der Waals surface area contributed by atoms with Crippen LogP contribution in [0.1, 0.15) is 24.2 Å². The number of allylic oxidation sites excluding steroid dienone is 3. The van der Waals surface area contributed by atoms with Crippen molar-refractivity contribution in [2.24, 2.45) is 5.16 Å². The number of oxime groups is 1. The Kier molecular flexibility index (Phi) is 8.99. The lowest BCUT2D eigenvalue weighted by atomic mass is 9.97. The molecule has 2 aromatic carbocycles. The number of nitrogens with zero attached hydrogens (tertiary/aromatic N) is 2. The summed E-state index contributed by atoms with van der Waals surface area (Å²) in [5.74, 6) is -0.579. The molecule has 1 amide bonds. The molecule has 32 heavy (non-hydrogen) atoms. The van der Waals surface area contributed by atoms with Crippen LogP contribution in [0.2, 0.25) is 0 Å². The second kappa shape index (κ2) is 11.5. The molecule has 0 aliphatic carbocycles. The molecule has 0 saturated heterocycles. The summed E-state index contributed by atoms with van der Waals surface area (Å²) in [4.78, 5) is 19.8. The molecule has 0 saturated carbocycles. The van der Waals surface area contributed by atoms with E-state index in [1.807, 2.05) is 60.7 Å². The van der Waals surface area contributed by atoms with Crippen molar-refractivity contribution < 1.29 is 19.1 Å². The first-order valence-electron chi connectivity index (χ1n) is 9.97. The molecule has 170 valence electrons. The summed E-state index contributed by atoms with van der Waals surface area (Å²) in [6.45, 7) is 0.953. The Hall–Kier alpha value is -3.16. The maximum Gasteiger partial charge on any atom is 0.252 e. The van der Waals surface area contributed by atoms with E-state index >= 15 is 0 Å². The molecule has 0 radical (unpaired) electrons. The first-order chi connectivity index (χ1) is 15.0. The lowest BCUT2D eigenvalue weighted by Gasteiger charge is -2.39. The zero-order valence-electron chi connectivity index (χ0n) is 17.9. The van der Waals surface area contributed by atoms with Gasteiger partial charge in [-0.1, -0.05) is 65.8 Å². The van der Waals surface area contributed by atoms with Crippen molar-refractivity contribution in [1.82, 2.24) is 10.2 Å². The normalized spacial score (nSPS) is 18.1.